The SMILES string of the molecule is CCOC(=O)CCNC(=O)c1ccc(CCc2cccc(N)n2)cc1. The van der Waals surface area contributed by atoms with Crippen LogP contribution in [0.3, 0.4) is 0 Å². The van der Waals surface area contributed by atoms with Gasteiger partial charge in [0.2, 0.25) is 0 Å². The Bertz CT molecular complexity index is 714. The van der Waals surface area contributed by atoms with E-state index in [-0.39, 0.29) is 24.8 Å². The van der Waals surface area contributed by atoms with Gasteiger partial charge in [0.05, 0.1) is 13.0 Å². The van der Waals surface area contributed by atoms with Crippen molar-refractivity contribution in [2.45, 2.75) is 26.2 Å². The lowest BCUT2D eigenvalue weighted by molar-refractivity contribution is -0.142. The number of pyridine rings is 1. The monoisotopic (exact) mass is 341 g/mol. The van der Waals surface area contributed by atoms with E-state index in [1.54, 1.807) is 25.1 Å². The first-order chi connectivity index (χ1) is 12.1. The number of aryl methyl sites for hydroxylation is 2. The number of carbonyl (C=O) groups is 2. The molecule has 132 valence electrons. The highest BCUT2D eigenvalue weighted by molar-refractivity contribution is 5.94. The Kier molecular flexibility index (Phi) is 6.95. The molecule has 1 heterocycles. The van der Waals surface area contributed by atoms with Crippen molar-refractivity contribution in [2.24, 2.45) is 0 Å². The van der Waals surface area contributed by atoms with Crippen LogP contribution in [0.2, 0.25) is 0 Å². The van der Waals surface area contributed by atoms with E-state index < -0.39 is 0 Å². The molecule has 0 bridgehead atoms. The van der Waals surface area contributed by atoms with Crippen LogP contribution in [0.5, 0.6) is 0 Å². The van der Waals surface area contributed by atoms with Gasteiger partial charge < -0.3 is 15.8 Å². The van der Waals surface area contributed by atoms with Gasteiger partial charge in [0.1, 0.15) is 5.82 Å². The lowest BCUT2D eigenvalue weighted by Crippen LogP contribution is -2.26. The predicted octanol–water partition coefficient (Wildman–Crippen LogP) is 2.13. The summed E-state index contributed by atoms with van der Waals surface area (Å²) >= 11 is 0. The molecule has 3 N–H and O–H groups in total. The number of ether oxygens (including phenoxy) is 1. The van der Waals surface area contributed by atoms with Crippen molar-refractivity contribution in [1.29, 1.82) is 0 Å². The topological polar surface area (TPSA) is 94.3 Å². The quantitative estimate of drug-likeness (QED) is 0.717. The molecular formula is C19H23N3O3. The molecular weight excluding hydrogens is 318 g/mol. The molecule has 6 nitrogen and oxygen atoms in total. The van der Waals surface area contributed by atoms with Crippen LogP contribution in [0.4, 0.5) is 5.82 Å². The van der Waals surface area contributed by atoms with Gasteiger partial charge >= 0.3 is 5.97 Å². The highest BCUT2D eigenvalue weighted by Gasteiger charge is 2.07. The van der Waals surface area contributed by atoms with Crippen molar-refractivity contribution in [2.75, 3.05) is 18.9 Å². The Morgan fingerprint density at radius 2 is 1.88 bits per heavy atom. The number of nitrogen functional groups attached to an aromatic ring is 1. The van der Waals surface area contributed by atoms with Gasteiger partial charge in [-0.2, -0.15) is 0 Å². The Balaban J connectivity index is 1.80. The molecule has 0 aliphatic carbocycles. The summed E-state index contributed by atoms with van der Waals surface area (Å²) in [5.41, 5.74) is 8.30. The molecule has 6 heteroatoms. The van der Waals surface area contributed by atoms with Crippen molar-refractivity contribution >= 4 is 17.7 Å². The largest absolute Gasteiger partial charge is 0.466 e. The van der Waals surface area contributed by atoms with Gasteiger partial charge in [0, 0.05) is 17.8 Å². The van der Waals surface area contributed by atoms with Gasteiger partial charge in [-0.05, 0) is 49.6 Å². The molecule has 2 aromatic rings. The van der Waals surface area contributed by atoms with Crippen LogP contribution in [-0.2, 0) is 22.4 Å². The number of esters is 1. The fourth-order valence-corrected chi connectivity index (χ4v) is 2.35. The van der Waals surface area contributed by atoms with E-state index in [4.69, 9.17) is 10.5 Å². The molecule has 0 spiro atoms. The number of nitrogens with zero attached hydrogens (tertiary/aromatic N) is 1. The minimum atomic E-state index is -0.312. The molecule has 0 atom stereocenters. The van der Waals surface area contributed by atoms with Crippen LogP contribution in [0.15, 0.2) is 42.5 Å². The zero-order valence-electron chi connectivity index (χ0n) is 14.3. The second-order valence-electron chi connectivity index (χ2n) is 5.56. The lowest BCUT2D eigenvalue weighted by Gasteiger charge is -2.07. The van der Waals surface area contributed by atoms with E-state index >= 15 is 0 Å². The summed E-state index contributed by atoms with van der Waals surface area (Å²) < 4.78 is 4.81. The third-order valence-electron chi connectivity index (χ3n) is 3.63. The molecule has 0 radical (unpaired) electrons. The van der Waals surface area contributed by atoms with Crippen molar-refractivity contribution in [3.63, 3.8) is 0 Å². The zero-order chi connectivity index (χ0) is 18.1. The summed E-state index contributed by atoms with van der Waals surface area (Å²) in [6.45, 7) is 2.36. The molecule has 1 amide bonds. The number of hydrogen-bond donors (Lipinski definition) is 2. The number of amides is 1. The standard InChI is InChI=1S/C19H23N3O3/c1-2-25-18(23)12-13-21-19(24)15-9-6-14(7-10-15)8-11-16-4-3-5-17(20)22-16/h3-7,9-10H,2,8,11-13H2,1H3,(H2,20,22)(H,21,24). The third kappa shape index (κ3) is 6.25. The first kappa shape index (κ1) is 18.4. The lowest BCUT2D eigenvalue weighted by atomic mass is 10.1. The number of nitrogens with one attached hydrogen (secondary N) is 1. The summed E-state index contributed by atoms with van der Waals surface area (Å²) in [6, 6.07) is 13.0. The number of carbonyl (C=O) groups excluding carboxylic acids is 2. The molecule has 0 saturated carbocycles. The Labute approximate surface area is 147 Å². The smallest absolute Gasteiger partial charge is 0.307 e. The van der Waals surface area contributed by atoms with Crippen LogP contribution in [0.25, 0.3) is 0 Å². The van der Waals surface area contributed by atoms with Gasteiger partial charge in [-0.3, -0.25) is 9.59 Å². The number of nitrogens with two attached hydrogens (primary N) is 1. The molecule has 25 heavy (non-hydrogen) atoms. The molecule has 0 aliphatic heterocycles. The first-order valence-electron chi connectivity index (χ1n) is 8.32. The molecule has 0 fully saturated rings. The van der Waals surface area contributed by atoms with Crippen molar-refractivity contribution in [1.82, 2.24) is 10.3 Å². The molecule has 1 aromatic carbocycles. The van der Waals surface area contributed by atoms with Crippen LogP contribution in [0, 0.1) is 0 Å². The molecule has 0 aliphatic rings. The first-order valence-corrected chi connectivity index (χ1v) is 8.32. The van der Waals surface area contributed by atoms with Gasteiger partial charge in [-0.15, -0.1) is 0 Å². The third-order valence-corrected chi connectivity index (χ3v) is 3.63. The second kappa shape index (κ2) is 9.42. The minimum Gasteiger partial charge on any atom is -0.466 e. The highest BCUT2D eigenvalue weighted by Crippen LogP contribution is 2.09. The van der Waals surface area contributed by atoms with Crippen molar-refractivity contribution < 1.29 is 14.3 Å². The summed E-state index contributed by atoms with van der Waals surface area (Å²) in [7, 11) is 0. The molecule has 0 unspecified atom stereocenters. The number of aromatic nitrogens is 1. The van der Waals surface area contributed by atoms with Gasteiger partial charge in [-0.25, -0.2) is 4.98 Å². The summed E-state index contributed by atoms with van der Waals surface area (Å²) in [5, 5.41) is 2.71. The Morgan fingerprint density at radius 3 is 2.56 bits per heavy atom. The van der Waals surface area contributed by atoms with Crippen LogP contribution in [0.1, 0.15) is 35.0 Å². The number of benzene rings is 1. The average molecular weight is 341 g/mol. The molecule has 2 rings (SSSR count). The van der Waals surface area contributed by atoms with Crippen LogP contribution in [-0.4, -0.2) is 30.0 Å². The minimum absolute atomic E-state index is 0.171. The maximum absolute atomic E-state index is 12.0. The normalized spacial score (nSPS) is 10.3. The molecule has 0 saturated heterocycles. The van der Waals surface area contributed by atoms with Gasteiger partial charge in [-0.1, -0.05) is 18.2 Å². The fourth-order valence-electron chi connectivity index (χ4n) is 2.35. The van der Waals surface area contributed by atoms with Crippen molar-refractivity contribution in [3.8, 4) is 0 Å². The Hall–Kier alpha value is -2.89. The molecule has 1 aromatic heterocycles. The predicted molar refractivity (Wildman–Crippen MR) is 96.1 cm³/mol. The van der Waals surface area contributed by atoms with E-state index in [1.807, 2.05) is 24.3 Å². The van der Waals surface area contributed by atoms with Crippen LogP contribution >= 0.6 is 0 Å². The highest BCUT2D eigenvalue weighted by atomic mass is 16.5. The van der Waals surface area contributed by atoms with E-state index in [1.165, 1.54) is 0 Å². The maximum atomic E-state index is 12.0. The zero-order valence-corrected chi connectivity index (χ0v) is 14.3. The second-order valence-corrected chi connectivity index (χ2v) is 5.56. The summed E-state index contributed by atoms with van der Waals surface area (Å²) in [6.07, 6.45) is 1.78. The van der Waals surface area contributed by atoms with Crippen LogP contribution < -0.4 is 11.1 Å². The van der Waals surface area contributed by atoms with Crippen molar-refractivity contribution in [3.05, 3.63) is 59.3 Å². The van der Waals surface area contributed by atoms with E-state index in [0.717, 1.165) is 24.1 Å². The number of hydrogen-bond acceptors (Lipinski definition) is 5. The number of anilines is 1. The van der Waals surface area contributed by atoms with Gasteiger partial charge in [0.25, 0.3) is 5.91 Å². The maximum Gasteiger partial charge on any atom is 0.307 e. The fraction of sp³-hybridized carbons (Fsp3) is 0.316. The number of rotatable bonds is 8. The van der Waals surface area contributed by atoms with E-state index in [9.17, 15) is 9.59 Å². The average Bonchev–Trinajstić information content (AvgIpc) is 2.60. The van der Waals surface area contributed by atoms with E-state index in [0.29, 0.717) is 18.0 Å². The Morgan fingerprint density at radius 1 is 1.12 bits per heavy atom. The van der Waals surface area contributed by atoms with Gasteiger partial charge in [0.15, 0.2) is 0 Å². The summed E-state index contributed by atoms with van der Waals surface area (Å²) in [5.74, 6) is 0.00833. The summed E-state index contributed by atoms with van der Waals surface area (Å²) in [4.78, 5) is 27.5. The van der Waals surface area contributed by atoms with E-state index in [2.05, 4.69) is 10.3 Å².